The molecule has 0 fully saturated rings. The number of hydrogen-bond donors (Lipinski definition) is 3. The Morgan fingerprint density at radius 3 is 1.17 bits per heavy atom. The number of nitrogens with one attached hydrogen (secondary N) is 1. The highest BCUT2D eigenvalue weighted by molar-refractivity contribution is 5.76. The zero-order valence-electron chi connectivity index (χ0n) is 35.1. The van der Waals surface area contributed by atoms with E-state index in [9.17, 15) is 19.8 Å². The second kappa shape index (κ2) is 42.6. The predicted octanol–water partition coefficient (Wildman–Crippen LogP) is 13.2. The summed E-state index contributed by atoms with van der Waals surface area (Å²) in [6, 6.07) is -0.549. The van der Waals surface area contributed by atoms with Gasteiger partial charge in [-0.05, 0) is 25.7 Å². The van der Waals surface area contributed by atoms with E-state index in [-0.39, 0.29) is 18.5 Å². The molecule has 0 rings (SSSR count). The first-order chi connectivity index (χ1) is 25.5. The quantitative estimate of drug-likeness (QED) is 0.0428. The first kappa shape index (κ1) is 50.9. The fourth-order valence-electron chi connectivity index (χ4n) is 7.29. The monoisotopic (exact) mass is 738 g/mol. The van der Waals surface area contributed by atoms with Gasteiger partial charge in [0.05, 0.1) is 25.4 Å². The molecule has 0 aliphatic carbocycles. The van der Waals surface area contributed by atoms with E-state index in [0.717, 1.165) is 57.8 Å². The van der Waals surface area contributed by atoms with Crippen molar-refractivity contribution in [3.05, 3.63) is 0 Å². The van der Waals surface area contributed by atoms with Gasteiger partial charge in [0.1, 0.15) is 0 Å². The lowest BCUT2D eigenvalue weighted by Crippen LogP contribution is -2.45. The van der Waals surface area contributed by atoms with Crippen molar-refractivity contribution in [2.24, 2.45) is 0 Å². The van der Waals surface area contributed by atoms with E-state index in [1.165, 1.54) is 167 Å². The van der Waals surface area contributed by atoms with Crippen LogP contribution in [0.5, 0.6) is 0 Å². The lowest BCUT2D eigenvalue weighted by atomic mass is 10.0. The molecule has 0 saturated heterocycles. The van der Waals surface area contributed by atoms with Gasteiger partial charge in [-0.25, -0.2) is 0 Å². The number of esters is 1. The van der Waals surface area contributed by atoms with Crippen molar-refractivity contribution in [1.82, 2.24) is 5.32 Å². The molecule has 2 atom stereocenters. The molecule has 52 heavy (non-hydrogen) atoms. The molecule has 2 unspecified atom stereocenters. The molecule has 0 bridgehead atoms. The van der Waals surface area contributed by atoms with Gasteiger partial charge in [0.15, 0.2) is 0 Å². The van der Waals surface area contributed by atoms with Crippen molar-refractivity contribution in [3.8, 4) is 0 Å². The Bertz CT molecular complexity index is 732. The fraction of sp³-hybridized carbons (Fsp3) is 0.957. The second-order valence-corrected chi connectivity index (χ2v) is 16.1. The molecule has 1 amide bonds. The third kappa shape index (κ3) is 38.6. The number of hydrogen-bond acceptors (Lipinski definition) is 5. The van der Waals surface area contributed by atoms with E-state index in [1.807, 2.05) is 0 Å². The van der Waals surface area contributed by atoms with Gasteiger partial charge < -0.3 is 20.3 Å². The molecule has 0 spiro atoms. The third-order valence-electron chi connectivity index (χ3n) is 10.9. The van der Waals surface area contributed by atoms with Gasteiger partial charge in [-0.1, -0.05) is 219 Å². The van der Waals surface area contributed by atoms with E-state index in [0.29, 0.717) is 25.9 Å². The molecule has 0 aliphatic heterocycles. The van der Waals surface area contributed by atoms with Crippen LogP contribution < -0.4 is 5.32 Å². The number of amides is 1. The van der Waals surface area contributed by atoms with Gasteiger partial charge >= 0.3 is 5.97 Å². The van der Waals surface area contributed by atoms with Crippen LogP contribution in [0, 0.1) is 0 Å². The number of ether oxygens (including phenoxy) is 1. The SMILES string of the molecule is CCCCCCCCCCCCCCC(O)C(CO)NC(=O)CCCCCCCCCCCCCCOC(=O)CCCCCCCCCCCCC. The molecule has 0 aromatic heterocycles. The van der Waals surface area contributed by atoms with Crippen molar-refractivity contribution >= 4 is 11.9 Å². The van der Waals surface area contributed by atoms with Gasteiger partial charge in [-0.2, -0.15) is 0 Å². The highest BCUT2D eigenvalue weighted by Crippen LogP contribution is 2.16. The first-order valence-corrected chi connectivity index (χ1v) is 23.3. The average Bonchev–Trinajstić information content (AvgIpc) is 3.14. The fourth-order valence-corrected chi connectivity index (χ4v) is 7.29. The number of carbonyl (C=O) groups is 2. The molecule has 6 nitrogen and oxygen atoms in total. The van der Waals surface area contributed by atoms with E-state index in [4.69, 9.17) is 4.74 Å². The normalized spacial score (nSPS) is 12.6. The van der Waals surface area contributed by atoms with Crippen LogP contribution in [-0.4, -0.2) is 47.4 Å². The van der Waals surface area contributed by atoms with Gasteiger partial charge in [0.25, 0.3) is 0 Å². The van der Waals surface area contributed by atoms with Crippen molar-refractivity contribution in [2.75, 3.05) is 13.2 Å². The Kier molecular flexibility index (Phi) is 41.7. The Labute approximate surface area is 324 Å². The third-order valence-corrected chi connectivity index (χ3v) is 10.9. The average molecular weight is 738 g/mol. The largest absolute Gasteiger partial charge is 0.466 e. The Hall–Kier alpha value is -1.14. The molecule has 0 aromatic carbocycles. The molecule has 0 aromatic rings. The summed E-state index contributed by atoms with van der Waals surface area (Å²) in [5.41, 5.74) is 0. The molecule has 3 N–H and O–H groups in total. The van der Waals surface area contributed by atoms with Crippen LogP contribution in [0.25, 0.3) is 0 Å². The van der Waals surface area contributed by atoms with Crippen molar-refractivity contribution in [1.29, 1.82) is 0 Å². The number of rotatable bonds is 43. The van der Waals surface area contributed by atoms with E-state index >= 15 is 0 Å². The standard InChI is InChI=1S/C46H91NO5/c1-3-5-7-9-11-13-15-19-22-26-30-34-38-44(49)43(42-48)47-45(50)39-35-31-27-23-20-16-17-21-25-29-33-37-41-52-46(51)40-36-32-28-24-18-14-12-10-8-6-4-2/h43-44,48-49H,3-42H2,1-2H3,(H,47,50). The van der Waals surface area contributed by atoms with Crippen LogP contribution in [-0.2, 0) is 14.3 Å². The van der Waals surface area contributed by atoms with Gasteiger partial charge in [-0.3, -0.25) is 9.59 Å². The van der Waals surface area contributed by atoms with Gasteiger partial charge in [-0.15, -0.1) is 0 Å². The van der Waals surface area contributed by atoms with Crippen molar-refractivity contribution in [3.63, 3.8) is 0 Å². The zero-order chi connectivity index (χ0) is 38.0. The molecule has 0 heterocycles. The number of aliphatic hydroxyl groups excluding tert-OH is 2. The minimum absolute atomic E-state index is 0.00947. The summed E-state index contributed by atoms with van der Waals surface area (Å²) in [5.74, 6) is -0.0599. The van der Waals surface area contributed by atoms with Crippen molar-refractivity contribution < 1.29 is 24.5 Å². The van der Waals surface area contributed by atoms with Crippen molar-refractivity contribution in [2.45, 2.75) is 270 Å². The summed E-state index contributed by atoms with van der Waals surface area (Å²) >= 11 is 0. The number of aliphatic hydroxyl groups is 2. The molecule has 6 heteroatoms. The summed E-state index contributed by atoms with van der Waals surface area (Å²) in [6.07, 6.45) is 44.8. The molecular weight excluding hydrogens is 647 g/mol. The van der Waals surface area contributed by atoms with Crippen LogP contribution in [0.2, 0.25) is 0 Å². The lowest BCUT2D eigenvalue weighted by Gasteiger charge is -2.22. The Morgan fingerprint density at radius 2 is 0.788 bits per heavy atom. The summed E-state index contributed by atoms with van der Waals surface area (Å²) < 4.78 is 5.44. The highest BCUT2D eigenvalue weighted by atomic mass is 16.5. The molecule has 310 valence electrons. The van der Waals surface area contributed by atoms with Crippen LogP contribution in [0.4, 0.5) is 0 Å². The van der Waals surface area contributed by atoms with Crippen LogP contribution in [0.1, 0.15) is 258 Å². The lowest BCUT2D eigenvalue weighted by molar-refractivity contribution is -0.143. The van der Waals surface area contributed by atoms with E-state index < -0.39 is 12.1 Å². The molecule has 0 saturated carbocycles. The molecule has 0 radical (unpaired) electrons. The minimum Gasteiger partial charge on any atom is -0.466 e. The molecule has 0 aliphatic rings. The topological polar surface area (TPSA) is 95.9 Å². The Morgan fingerprint density at radius 1 is 0.462 bits per heavy atom. The summed E-state index contributed by atoms with van der Waals surface area (Å²) in [4.78, 5) is 24.4. The number of unbranched alkanes of at least 4 members (excludes halogenated alkanes) is 32. The van der Waals surface area contributed by atoms with E-state index in [1.54, 1.807) is 0 Å². The first-order valence-electron chi connectivity index (χ1n) is 23.3. The Balaban J connectivity index is 3.46. The highest BCUT2D eigenvalue weighted by Gasteiger charge is 2.20. The van der Waals surface area contributed by atoms with Gasteiger partial charge in [0.2, 0.25) is 5.91 Å². The van der Waals surface area contributed by atoms with Crippen LogP contribution in [0.15, 0.2) is 0 Å². The van der Waals surface area contributed by atoms with Crippen LogP contribution in [0.3, 0.4) is 0 Å². The zero-order valence-corrected chi connectivity index (χ0v) is 35.1. The number of carbonyl (C=O) groups excluding carboxylic acids is 2. The summed E-state index contributed by atoms with van der Waals surface area (Å²) in [5, 5.41) is 23.1. The molecular formula is C46H91NO5. The maximum atomic E-state index is 12.4. The summed E-state index contributed by atoms with van der Waals surface area (Å²) in [7, 11) is 0. The minimum atomic E-state index is -0.671. The predicted molar refractivity (Wildman–Crippen MR) is 223 cm³/mol. The smallest absolute Gasteiger partial charge is 0.305 e. The second-order valence-electron chi connectivity index (χ2n) is 16.1. The van der Waals surface area contributed by atoms with E-state index in [2.05, 4.69) is 19.2 Å². The van der Waals surface area contributed by atoms with Crippen LogP contribution >= 0.6 is 0 Å². The maximum absolute atomic E-state index is 12.4. The van der Waals surface area contributed by atoms with Gasteiger partial charge in [0, 0.05) is 12.8 Å². The summed E-state index contributed by atoms with van der Waals surface area (Å²) in [6.45, 7) is 4.91. The maximum Gasteiger partial charge on any atom is 0.305 e.